The van der Waals surface area contributed by atoms with Crippen molar-refractivity contribution in [2.24, 2.45) is 0 Å². The molecule has 4 nitrogen and oxygen atoms in total. The molecule has 0 radical (unpaired) electrons. The highest BCUT2D eigenvalue weighted by Gasteiger charge is 2.10. The average Bonchev–Trinajstić information content (AvgIpc) is 2.36. The second kappa shape index (κ2) is 5.31. The van der Waals surface area contributed by atoms with E-state index in [2.05, 4.69) is 26.2 Å². The molecule has 0 atom stereocenters. The molecule has 0 saturated carbocycles. The van der Waals surface area contributed by atoms with E-state index in [1.165, 1.54) is 24.4 Å². The normalized spacial score (nSPS) is 10.3. The molecule has 19 heavy (non-hydrogen) atoms. The molecule has 1 aromatic heterocycles. The molecule has 0 amide bonds. The van der Waals surface area contributed by atoms with Crippen LogP contribution in [0.5, 0.6) is 0 Å². The van der Waals surface area contributed by atoms with E-state index in [0.29, 0.717) is 5.69 Å². The molecule has 0 bridgehead atoms. The number of nitrogens with one attached hydrogen (secondary N) is 1. The van der Waals surface area contributed by atoms with Gasteiger partial charge in [0.15, 0.2) is 0 Å². The number of carboxylic acid groups (broad SMARTS) is 1. The summed E-state index contributed by atoms with van der Waals surface area (Å²) in [5.41, 5.74) is 0.187. The maximum atomic E-state index is 13.5. The van der Waals surface area contributed by atoms with Gasteiger partial charge in [-0.1, -0.05) is 0 Å². The van der Waals surface area contributed by atoms with Gasteiger partial charge in [0.25, 0.3) is 0 Å². The number of benzene rings is 1. The highest BCUT2D eigenvalue weighted by molar-refractivity contribution is 9.10. The van der Waals surface area contributed by atoms with Gasteiger partial charge in [0, 0.05) is 18.0 Å². The molecular weight excluding hydrogens is 322 g/mol. The lowest BCUT2D eigenvalue weighted by atomic mass is 10.2. The van der Waals surface area contributed by atoms with Gasteiger partial charge in [-0.3, -0.25) is 0 Å². The summed E-state index contributed by atoms with van der Waals surface area (Å²) in [6, 6.07) is 4.68. The SMILES string of the molecule is O=C(O)c1cc(Nc2cc(Br)c(F)cc2F)ccn1. The molecule has 0 spiro atoms. The zero-order valence-electron chi connectivity index (χ0n) is 9.32. The van der Waals surface area contributed by atoms with E-state index >= 15 is 0 Å². The Morgan fingerprint density at radius 2 is 2.00 bits per heavy atom. The number of hydrogen-bond acceptors (Lipinski definition) is 3. The van der Waals surface area contributed by atoms with Crippen LogP contribution in [-0.2, 0) is 0 Å². The second-order valence-electron chi connectivity index (χ2n) is 3.61. The number of aromatic nitrogens is 1. The number of hydrogen-bond donors (Lipinski definition) is 2. The molecule has 0 aliphatic heterocycles. The van der Waals surface area contributed by atoms with Crippen LogP contribution in [0.15, 0.2) is 34.9 Å². The van der Waals surface area contributed by atoms with Crippen molar-refractivity contribution >= 4 is 33.3 Å². The van der Waals surface area contributed by atoms with Crippen LogP contribution in [0.25, 0.3) is 0 Å². The zero-order chi connectivity index (χ0) is 14.0. The van der Waals surface area contributed by atoms with Gasteiger partial charge in [-0.25, -0.2) is 18.6 Å². The van der Waals surface area contributed by atoms with Gasteiger partial charge < -0.3 is 10.4 Å². The first-order valence-corrected chi connectivity index (χ1v) is 5.87. The number of carbonyl (C=O) groups is 1. The fourth-order valence-electron chi connectivity index (χ4n) is 1.40. The fraction of sp³-hybridized carbons (Fsp3) is 0. The minimum Gasteiger partial charge on any atom is -0.477 e. The summed E-state index contributed by atoms with van der Waals surface area (Å²) in [5.74, 6) is -2.69. The van der Waals surface area contributed by atoms with Gasteiger partial charge >= 0.3 is 5.97 Å². The van der Waals surface area contributed by atoms with Gasteiger partial charge in [0.2, 0.25) is 0 Å². The van der Waals surface area contributed by atoms with Crippen molar-refractivity contribution < 1.29 is 18.7 Å². The molecule has 0 unspecified atom stereocenters. The number of carboxylic acids is 1. The monoisotopic (exact) mass is 328 g/mol. The standard InChI is InChI=1S/C12H7BrF2N2O2/c13-7-4-10(9(15)5-8(7)14)17-6-1-2-16-11(3-6)12(18)19/h1-5H,(H,16,17)(H,18,19). The topological polar surface area (TPSA) is 62.2 Å². The largest absolute Gasteiger partial charge is 0.477 e. The van der Waals surface area contributed by atoms with Crippen molar-refractivity contribution in [2.75, 3.05) is 5.32 Å². The molecule has 2 rings (SSSR count). The Balaban J connectivity index is 2.33. The molecule has 0 aliphatic carbocycles. The molecule has 1 aromatic carbocycles. The smallest absolute Gasteiger partial charge is 0.354 e. The van der Waals surface area contributed by atoms with Crippen LogP contribution in [-0.4, -0.2) is 16.1 Å². The first-order chi connectivity index (χ1) is 8.97. The van der Waals surface area contributed by atoms with E-state index in [9.17, 15) is 13.6 Å². The average molecular weight is 329 g/mol. The van der Waals surface area contributed by atoms with Crippen LogP contribution in [0, 0.1) is 11.6 Å². The number of halogens is 3. The minimum absolute atomic E-state index is 0.0239. The van der Waals surface area contributed by atoms with Crippen molar-refractivity contribution in [1.82, 2.24) is 4.98 Å². The molecule has 0 aliphatic rings. The predicted octanol–water partition coefficient (Wildman–Crippen LogP) is 3.56. The minimum atomic E-state index is -1.19. The number of pyridine rings is 1. The van der Waals surface area contributed by atoms with Crippen LogP contribution >= 0.6 is 15.9 Å². The van der Waals surface area contributed by atoms with E-state index in [-0.39, 0.29) is 15.9 Å². The molecule has 98 valence electrons. The van der Waals surface area contributed by atoms with Crippen LogP contribution < -0.4 is 5.32 Å². The third-order valence-electron chi connectivity index (χ3n) is 2.27. The Morgan fingerprint density at radius 1 is 1.26 bits per heavy atom. The first-order valence-electron chi connectivity index (χ1n) is 5.08. The highest BCUT2D eigenvalue weighted by Crippen LogP contribution is 2.26. The van der Waals surface area contributed by atoms with Gasteiger partial charge in [-0.15, -0.1) is 0 Å². The predicted molar refractivity (Wildman–Crippen MR) is 68.5 cm³/mol. The molecule has 2 aromatic rings. The van der Waals surface area contributed by atoms with E-state index in [1.807, 2.05) is 0 Å². The molecule has 7 heteroatoms. The lowest BCUT2D eigenvalue weighted by Crippen LogP contribution is -2.02. The highest BCUT2D eigenvalue weighted by atomic mass is 79.9. The fourth-order valence-corrected chi connectivity index (χ4v) is 1.74. The maximum Gasteiger partial charge on any atom is 0.354 e. The summed E-state index contributed by atoms with van der Waals surface area (Å²) in [6.07, 6.45) is 1.28. The van der Waals surface area contributed by atoms with E-state index in [0.717, 1.165) is 6.07 Å². The van der Waals surface area contributed by atoms with E-state index < -0.39 is 17.6 Å². The van der Waals surface area contributed by atoms with Gasteiger partial charge in [0.1, 0.15) is 17.3 Å². The van der Waals surface area contributed by atoms with Gasteiger partial charge in [-0.05, 0) is 34.1 Å². The first kappa shape index (κ1) is 13.4. The van der Waals surface area contributed by atoms with Crippen LogP contribution in [0.1, 0.15) is 10.5 Å². The zero-order valence-corrected chi connectivity index (χ0v) is 10.9. The van der Waals surface area contributed by atoms with Crippen LogP contribution in [0.2, 0.25) is 0 Å². The summed E-state index contributed by atoms with van der Waals surface area (Å²) >= 11 is 2.94. The van der Waals surface area contributed by atoms with E-state index in [1.54, 1.807) is 0 Å². The van der Waals surface area contributed by atoms with Crippen molar-refractivity contribution in [3.05, 3.63) is 52.3 Å². The Labute approximate surface area is 115 Å². The Morgan fingerprint density at radius 3 is 2.68 bits per heavy atom. The summed E-state index contributed by atoms with van der Waals surface area (Å²) in [6.45, 7) is 0. The molecule has 1 heterocycles. The summed E-state index contributed by atoms with van der Waals surface area (Å²) < 4.78 is 26.7. The van der Waals surface area contributed by atoms with Crippen LogP contribution in [0.4, 0.5) is 20.2 Å². The van der Waals surface area contributed by atoms with Gasteiger partial charge in [0.05, 0.1) is 10.2 Å². The maximum absolute atomic E-state index is 13.5. The third-order valence-corrected chi connectivity index (χ3v) is 2.88. The van der Waals surface area contributed by atoms with E-state index in [4.69, 9.17) is 5.11 Å². The van der Waals surface area contributed by atoms with Crippen molar-refractivity contribution in [3.8, 4) is 0 Å². The molecule has 0 saturated heterocycles. The molecule has 2 N–H and O–H groups in total. The summed E-state index contributed by atoms with van der Waals surface area (Å²) in [4.78, 5) is 14.4. The van der Waals surface area contributed by atoms with Crippen molar-refractivity contribution in [3.63, 3.8) is 0 Å². The number of nitrogens with zero attached hydrogens (tertiary/aromatic N) is 1. The Bertz CT molecular complexity index is 650. The summed E-state index contributed by atoms with van der Waals surface area (Å²) in [7, 11) is 0. The molecule has 0 fully saturated rings. The Kier molecular flexibility index (Phi) is 3.75. The number of aromatic carboxylic acids is 1. The Hall–Kier alpha value is -2.02. The quantitative estimate of drug-likeness (QED) is 0.845. The number of rotatable bonds is 3. The lowest BCUT2D eigenvalue weighted by Gasteiger charge is -2.09. The van der Waals surface area contributed by atoms with Gasteiger partial charge in [-0.2, -0.15) is 0 Å². The lowest BCUT2D eigenvalue weighted by molar-refractivity contribution is 0.0690. The third kappa shape index (κ3) is 3.05. The van der Waals surface area contributed by atoms with Crippen LogP contribution in [0.3, 0.4) is 0 Å². The van der Waals surface area contributed by atoms with Crippen molar-refractivity contribution in [1.29, 1.82) is 0 Å². The number of anilines is 2. The van der Waals surface area contributed by atoms with Crippen molar-refractivity contribution in [2.45, 2.75) is 0 Å². The summed E-state index contributed by atoms with van der Waals surface area (Å²) in [5, 5.41) is 11.4. The molecular formula is C12H7BrF2N2O2. The second-order valence-corrected chi connectivity index (χ2v) is 4.46.